The van der Waals surface area contributed by atoms with Crippen molar-refractivity contribution in [1.29, 1.82) is 0 Å². The number of aromatic nitrogens is 2. The Kier molecular flexibility index (Phi) is 4.40. The molecule has 1 fully saturated rings. The van der Waals surface area contributed by atoms with Gasteiger partial charge in [-0.2, -0.15) is 0 Å². The number of hydrogen-bond acceptors (Lipinski definition) is 5. The second-order valence-electron chi connectivity index (χ2n) is 5.66. The number of nitrogens with two attached hydrogens (primary N) is 1. The Morgan fingerprint density at radius 1 is 1.33 bits per heavy atom. The summed E-state index contributed by atoms with van der Waals surface area (Å²) in [5, 5.41) is 5.45. The molecule has 114 valence electrons. The highest BCUT2D eigenvalue weighted by Crippen LogP contribution is 2.18. The molecule has 1 saturated carbocycles. The molecule has 7 heteroatoms. The van der Waals surface area contributed by atoms with E-state index < -0.39 is 11.9 Å². The van der Waals surface area contributed by atoms with Crippen LogP contribution in [0.1, 0.15) is 55.8 Å². The van der Waals surface area contributed by atoms with Crippen LogP contribution in [0.5, 0.6) is 0 Å². The number of hydrogen-bond donors (Lipinski definition) is 3. The van der Waals surface area contributed by atoms with Crippen LogP contribution in [0.2, 0.25) is 0 Å². The fourth-order valence-corrected chi connectivity index (χ4v) is 1.75. The second kappa shape index (κ2) is 6.07. The Bertz CT molecular complexity index is 554. The lowest BCUT2D eigenvalue weighted by atomic mass is 10.2. The molecule has 1 aromatic heterocycles. The zero-order valence-corrected chi connectivity index (χ0v) is 12.5. The van der Waals surface area contributed by atoms with Gasteiger partial charge < -0.3 is 16.4 Å². The van der Waals surface area contributed by atoms with Gasteiger partial charge in [-0.25, -0.2) is 9.97 Å². The molecule has 1 aromatic rings. The molecule has 0 spiro atoms. The summed E-state index contributed by atoms with van der Waals surface area (Å²) in [6.45, 7) is 5.49. The zero-order chi connectivity index (χ0) is 15.6. The topological polar surface area (TPSA) is 110 Å². The van der Waals surface area contributed by atoms with E-state index in [-0.39, 0.29) is 29.2 Å². The van der Waals surface area contributed by atoms with Crippen molar-refractivity contribution < 1.29 is 9.59 Å². The van der Waals surface area contributed by atoms with Crippen LogP contribution in [0.4, 0.5) is 5.69 Å². The van der Waals surface area contributed by atoms with Gasteiger partial charge in [-0.3, -0.25) is 9.59 Å². The molecule has 2 amide bonds. The van der Waals surface area contributed by atoms with E-state index in [4.69, 9.17) is 5.73 Å². The smallest absolute Gasteiger partial charge is 0.272 e. The van der Waals surface area contributed by atoms with Crippen molar-refractivity contribution in [3.05, 3.63) is 17.7 Å². The van der Waals surface area contributed by atoms with Crippen LogP contribution in [0.25, 0.3) is 0 Å². The molecule has 0 aliphatic heterocycles. The maximum absolute atomic E-state index is 12.2. The van der Waals surface area contributed by atoms with Crippen molar-refractivity contribution in [2.24, 2.45) is 0 Å². The van der Waals surface area contributed by atoms with Gasteiger partial charge in [-0.05, 0) is 19.8 Å². The largest absolute Gasteiger partial charge is 0.396 e. The Morgan fingerprint density at radius 2 is 2.00 bits per heavy atom. The minimum atomic E-state index is -0.630. The predicted molar refractivity (Wildman–Crippen MR) is 78.6 cm³/mol. The minimum Gasteiger partial charge on any atom is -0.396 e. The first-order valence-corrected chi connectivity index (χ1v) is 7.12. The maximum Gasteiger partial charge on any atom is 0.272 e. The summed E-state index contributed by atoms with van der Waals surface area (Å²) < 4.78 is 0. The van der Waals surface area contributed by atoms with Gasteiger partial charge in [-0.15, -0.1) is 0 Å². The van der Waals surface area contributed by atoms with E-state index >= 15 is 0 Å². The first-order valence-electron chi connectivity index (χ1n) is 7.12. The average molecular weight is 291 g/mol. The lowest BCUT2D eigenvalue weighted by molar-refractivity contribution is -0.122. The third kappa shape index (κ3) is 3.90. The molecule has 0 aromatic carbocycles. The molecule has 1 unspecified atom stereocenters. The van der Waals surface area contributed by atoms with Gasteiger partial charge in [-0.1, -0.05) is 13.8 Å². The third-order valence-corrected chi connectivity index (χ3v) is 3.23. The van der Waals surface area contributed by atoms with Crippen LogP contribution in [0.3, 0.4) is 0 Å². The molecule has 4 N–H and O–H groups in total. The van der Waals surface area contributed by atoms with Gasteiger partial charge in [0, 0.05) is 12.0 Å². The molecule has 7 nitrogen and oxygen atoms in total. The van der Waals surface area contributed by atoms with Crippen molar-refractivity contribution in [3.63, 3.8) is 0 Å². The van der Waals surface area contributed by atoms with E-state index in [9.17, 15) is 9.59 Å². The SMILES string of the molecule is CC(NC(=O)c1nc(C(C)C)ncc1N)C(=O)NC1CC1. The Labute approximate surface area is 123 Å². The van der Waals surface area contributed by atoms with Crippen LogP contribution in [-0.2, 0) is 4.79 Å². The summed E-state index contributed by atoms with van der Waals surface area (Å²) in [4.78, 5) is 32.3. The lowest BCUT2D eigenvalue weighted by Crippen LogP contribution is -2.45. The fraction of sp³-hybridized carbons (Fsp3) is 0.571. The Morgan fingerprint density at radius 3 is 2.57 bits per heavy atom. The van der Waals surface area contributed by atoms with Crippen molar-refractivity contribution in [1.82, 2.24) is 20.6 Å². The first kappa shape index (κ1) is 15.2. The standard InChI is InChI=1S/C14H21N5O2/c1-7(2)12-16-6-10(15)11(19-12)14(21)17-8(3)13(20)18-9-4-5-9/h6-9H,4-5,15H2,1-3H3,(H,17,21)(H,18,20). The summed E-state index contributed by atoms with van der Waals surface area (Å²) in [5.41, 5.74) is 6.06. The van der Waals surface area contributed by atoms with Crippen LogP contribution >= 0.6 is 0 Å². The molecule has 21 heavy (non-hydrogen) atoms. The van der Waals surface area contributed by atoms with Crippen LogP contribution in [0, 0.1) is 0 Å². The number of nitrogen functional groups attached to an aromatic ring is 1. The van der Waals surface area contributed by atoms with Crippen LogP contribution < -0.4 is 16.4 Å². The Balaban J connectivity index is 2.04. The number of nitrogens with zero attached hydrogens (tertiary/aromatic N) is 2. The molecule has 1 aliphatic rings. The van der Waals surface area contributed by atoms with Crippen molar-refractivity contribution in [2.45, 2.75) is 51.6 Å². The number of nitrogens with one attached hydrogen (secondary N) is 2. The monoisotopic (exact) mass is 291 g/mol. The zero-order valence-electron chi connectivity index (χ0n) is 12.5. The number of carbonyl (C=O) groups is 2. The fourth-order valence-electron chi connectivity index (χ4n) is 1.75. The van der Waals surface area contributed by atoms with Gasteiger partial charge in [0.15, 0.2) is 5.69 Å². The highest BCUT2D eigenvalue weighted by molar-refractivity contribution is 5.99. The van der Waals surface area contributed by atoms with E-state index in [0.29, 0.717) is 5.82 Å². The molecule has 1 atom stereocenters. The average Bonchev–Trinajstić information content (AvgIpc) is 3.22. The van der Waals surface area contributed by atoms with E-state index in [1.54, 1.807) is 6.92 Å². The van der Waals surface area contributed by atoms with E-state index in [1.807, 2.05) is 13.8 Å². The number of rotatable bonds is 5. The van der Waals surface area contributed by atoms with Gasteiger partial charge in [0.05, 0.1) is 11.9 Å². The molecular formula is C14H21N5O2. The summed E-state index contributed by atoms with van der Waals surface area (Å²) in [6.07, 6.45) is 3.43. The molecule has 1 aliphatic carbocycles. The normalized spacial score (nSPS) is 15.6. The third-order valence-electron chi connectivity index (χ3n) is 3.23. The van der Waals surface area contributed by atoms with Gasteiger partial charge >= 0.3 is 0 Å². The molecule has 1 heterocycles. The summed E-state index contributed by atoms with van der Waals surface area (Å²) >= 11 is 0. The van der Waals surface area contributed by atoms with Gasteiger partial charge in [0.1, 0.15) is 11.9 Å². The first-order chi connectivity index (χ1) is 9.88. The predicted octanol–water partition coefficient (Wildman–Crippen LogP) is 0.579. The molecule has 0 radical (unpaired) electrons. The summed E-state index contributed by atoms with van der Waals surface area (Å²) in [5.74, 6) is -0.0185. The second-order valence-corrected chi connectivity index (χ2v) is 5.66. The molecule has 0 bridgehead atoms. The molecular weight excluding hydrogens is 270 g/mol. The van der Waals surface area contributed by atoms with Crippen molar-refractivity contribution in [2.75, 3.05) is 5.73 Å². The summed E-state index contributed by atoms with van der Waals surface area (Å²) in [7, 11) is 0. The quantitative estimate of drug-likeness (QED) is 0.735. The highest BCUT2D eigenvalue weighted by Gasteiger charge is 2.27. The maximum atomic E-state index is 12.2. The number of carbonyl (C=O) groups excluding carboxylic acids is 2. The van der Waals surface area contributed by atoms with E-state index in [1.165, 1.54) is 6.20 Å². The molecule has 0 saturated heterocycles. The summed E-state index contributed by atoms with van der Waals surface area (Å²) in [6, 6.07) is -0.372. The van der Waals surface area contributed by atoms with E-state index in [2.05, 4.69) is 20.6 Å². The minimum absolute atomic E-state index is 0.0905. The van der Waals surface area contributed by atoms with Gasteiger partial charge in [0.2, 0.25) is 5.91 Å². The highest BCUT2D eigenvalue weighted by atomic mass is 16.2. The number of amides is 2. The Hall–Kier alpha value is -2.18. The van der Waals surface area contributed by atoms with Crippen molar-refractivity contribution in [3.8, 4) is 0 Å². The van der Waals surface area contributed by atoms with Crippen molar-refractivity contribution >= 4 is 17.5 Å². The van der Waals surface area contributed by atoms with Crippen LogP contribution in [0.15, 0.2) is 6.20 Å². The number of anilines is 1. The van der Waals surface area contributed by atoms with Crippen LogP contribution in [-0.4, -0.2) is 33.9 Å². The van der Waals surface area contributed by atoms with Gasteiger partial charge in [0.25, 0.3) is 5.91 Å². The lowest BCUT2D eigenvalue weighted by Gasteiger charge is -2.15. The van der Waals surface area contributed by atoms with E-state index in [0.717, 1.165) is 12.8 Å². The molecule has 2 rings (SSSR count).